The number of carbonyl (C=O) groups is 1. The zero-order chi connectivity index (χ0) is 22.5. The highest BCUT2D eigenvalue weighted by molar-refractivity contribution is 6.00. The summed E-state index contributed by atoms with van der Waals surface area (Å²) in [5, 5.41) is 14.2. The molecule has 1 saturated heterocycles. The van der Waals surface area contributed by atoms with E-state index in [0.717, 1.165) is 0 Å². The lowest BCUT2D eigenvalue weighted by Crippen LogP contribution is -2.50. The van der Waals surface area contributed by atoms with Gasteiger partial charge in [0.25, 0.3) is 11.6 Å². The van der Waals surface area contributed by atoms with Gasteiger partial charge in [0, 0.05) is 51.0 Å². The quantitative estimate of drug-likeness (QED) is 0.469. The molecule has 3 aromatic carbocycles. The molecule has 1 fully saturated rings. The van der Waals surface area contributed by atoms with E-state index in [1.807, 2.05) is 36.4 Å². The van der Waals surface area contributed by atoms with E-state index < -0.39 is 4.92 Å². The van der Waals surface area contributed by atoms with E-state index >= 15 is 0 Å². The zero-order valence-electron chi connectivity index (χ0n) is 18.0. The molecule has 1 heterocycles. The number of carbonyl (C=O) groups excluding carboxylic acids is 1. The molecular formula is C25H26N4O3. The number of nitrogens with zero attached hydrogens (tertiary/aromatic N) is 3. The Hall–Kier alpha value is -3.71. The zero-order valence-corrected chi connectivity index (χ0v) is 18.0. The fourth-order valence-electron chi connectivity index (χ4n) is 4.28. The van der Waals surface area contributed by atoms with Gasteiger partial charge in [0.05, 0.1) is 16.5 Å². The van der Waals surface area contributed by atoms with Crippen LogP contribution >= 0.6 is 0 Å². The smallest absolute Gasteiger partial charge is 0.270 e. The van der Waals surface area contributed by atoms with E-state index in [4.69, 9.17) is 0 Å². The minimum atomic E-state index is -0.474. The Balaban J connectivity index is 1.54. The third kappa shape index (κ3) is 4.48. The summed E-state index contributed by atoms with van der Waals surface area (Å²) in [7, 11) is 1.71. The highest BCUT2D eigenvalue weighted by atomic mass is 16.6. The van der Waals surface area contributed by atoms with Gasteiger partial charge in [0.1, 0.15) is 0 Å². The molecular weight excluding hydrogens is 404 g/mol. The molecule has 32 heavy (non-hydrogen) atoms. The average molecular weight is 431 g/mol. The van der Waals surface area contributed by atoms with Crippen LogP contribution in [0.25, 0.3) is 0 Å². The summed E-state index contributed by atoms with van der Waals surface area (Å²) in [5.74, 6) is -0.186. The van der Waals surface area contributed by atoms with Crippen molar-refractivity contribution in [1.82, 2.24) is 9.80 Å². The molecule has 4 rings (SSSR count). The molecule has 0 unspecified atom stereocenters. The van der Waals surface area contributed by atoms with E-state index in [-0.39, 0.29) is 17.6 Å². The van der Waals surface area contributed by atoms with Crippen LogP contribution in [0.3, 0.4) is 0 Å². The van der Waals surface area contributed by atoms with Crippen LogP contribution in [0, 0.1) is 10.1 Å². The maximum Gasteiger partial charge on any atom is 0.270 e. The van der Waals surface area contributed by atoms with Crippen LogP contribution in [-0.4, -0.2) is 53.9 Å². The SMILES string of the molecule is CNc1ccc([N+](=O)[O-])cc1C(=O)N1CCN(C(c2ccccc2)c2ccccc2)CC1. The fourth-order valence-corrected chi connectivity index (χ4v) is 4.28. The van der Waals surface area contributed by atoms with Crippen LogP contribution in [-0.2, 0) is 0 Å². The van der Waals surface area contributed by atoms with Crippen LogP contribution in [0.5, 0.6) is 0 Å². The number of hydrogen-bond acceptors (Lipinski definition) is 5. The first-order valence-electron chi connectivity index (χ1n) is 10.7. The summed E-state index contributed by atoms with van der Waals surface area (Å²) in [6, 6.07) is 25.2. The van der Waals surface area contributed by atoms with Gasteiger partial charge in [-0.1, -0.05) is 60.7 Å². The van der Waals surface area contributed by atoms with Gasteiger partial charge in [-0.25, -0.2) is 0 Å². The molecule has 7 heteroatoms. The van der Waals surface area contributed by atoms with Gasteiger partial charge < -0.3 is 10.2 Å². The van der Waals surface area contributed by atoms with Crippen molar-refractivity contribution >= 4 is 17.3 Å². The molecule has 1 N–H and O–H groups in total. The van der Waals surface area contributed by atoms with Gasteiger partial charge >= 0.3 is 0 Å². The number of non-ortho nitro benzene ring substituents is 1. The summed E-state index contributed by atoms with van der Waals surface area (Å²) in [6.45, 7) is 2.54. The topological polar surface area (TPSA) is 78.7 Å². The first-order chi connectivity index (χ1) is 15.6. The second-order valence-corrected chi connectivity index (χ2v) is 7.79. The molecule has 0 radical (unpaired) electrons. The minimum absolute atomic E-state index is 0.0841. The summed E-state index contributed by atoms with van der Waals surface area (Å²) < 4.78 is 0. The number of nitro groups is 1. The highest BCUT2D eigenvalue weighted by Gasteiger charge is 2.29. The van der Waals surface area contributed by atoms with Crippen molar-refractivity contribution in [3.05, 3.63) is 106 Å². The number of nitro benzene ring substituents is 1. The van der Waals surface area contributed by atoms with E-state index in [2.05, 4.69) is 34.5 Å². The predicted molar refractivity (Wildman–Crippen MR) is 125 cm³/mol. The number of nitrogens with one attached hydrogen (secondary N) is 1. The number of hydrogen-bond donors (Lipinski definition) is 1. The Bertz CT molecular complexity index is 1040. The molecule has 7 nitrogen and oxygen atoms in total. The number of piperazine rings is 1. The van der Waals surface area contributed by atoms with Crippen molar-refractivity contribution < 1.29 is 9.72 Å². The third-order valence-electron chi connectivity index (χ3n) is 5.91. The van der Waals surface area contributed by atoms with Gasteiger partial charge in [0.2, 0.25) is 0 Å². The third-order valence-corrected chi connectivity index (χ3v) is 5.91. The molecule has 1 amide bonds. The van der Waals surface area contributed by atoms with Crippen molar-refractivity contribution in [1.29, 1.82) is 0 Å². The van der Waals surface area contributed by atoms with Crippen molar-refractivity contribution in [2.75, 3.05) is 38.5 Å². The minimum Gasteiger partial charge on any atom is -0.387 e. The van der Waals surface area contributed by atoms with Gasteiger partial charge in [-0.05, 0) is 17.2 Å². The lowest BCUT2D eigenvalue weighted by Gasteiger charge is -2.40. The molecule has 0 aliphatic carbocycles. The van der Waals surface area contributed by atoms with Crippen LogP contribution in [0.4, 0.5) is 11.4 Å². The van der Waals surface area contributed by atoms with Crippen LogP contribution < -0.4 is 5.32 Å². The molecule has 3 aromatic rings. The van der Waals surface area contributed by atoms with Crippen molar-refractivity contribution in [3.63, 3.8) is 0 Å². The van der Waals surface area contributed by atoms with Crippen molar-refractivity contribution in [2.24, 2.45) is 0 Å². The monoisotopic (exact) mass is 430 g/mol. The second kappa shape index (κ2) is 9.62. The van der Waals surface area contributed by atoms with E-state index in [1.165, 1.54) is 23.3 Å². The second-order valence-electron chi connectivity index (χ2n) is 7.79. The summed E-state index contributed by atoms with van der Waals surface area (Å²) >= 11 is 0. The van der Waals surface area contributed by atoms with Crippen LogP contribution in [0.15, 0.2) is 78.9 Å². The van der Waals surface area contributed by atoms with Crippen molar-refractivity contribution in [3.8, 4) is 0 Å². The highest BCUT2D eigenvalue weighted by Crippen LogP contribution is 2.30. The Kier molecular flexibility index (Phi) is 6.47. The first kappa shape index (κ1) is 21.5. The standard InChI is InChI=1S/C25H26N4O3/c1-26-23-13-12-21(29(31)32)18-22(23)25(30)28-16-14-27(15-17-28)24(19-8-4-2-5-9-19)20-10-6-3-7-11-20/h2-13,18,24,26H,14-17H2,1H3. The van der Waals surface area contributed by atoms with Gasteiger partial charge in [0.15, 0.2) is 0 Å². The van der Waals surface area contributed by atoms with Crippen LogP contribution in [0.1, 0.15) is 27.5 Å². The van der Waals surface area contributed by atoms with Gasteiger partial charge in [-0.15, -0.1) is 0 Å². The lowest BCUT2D eigenvalue weighted by molar-refractivity contribution is -0.384. The molecule has 0 saturated carbocycles. The first-order valence-corrected chi connectivity index (χ1v) is 10.7. The molecule has 0 spiro atoms. The average Bonchev–Trinajstić information content (AvgIpc) is 2.85. The van der Waals surface area contributed by atoms with E-state index in [9.17, 15) is 14.9 Å². The number of benzene rings is 3. The summed E-state index contributed by atoms with van der Waals surface area (Å²) in [5.41, 5.74) is 3.27. The van der Waals surface area contributed by atoms with E-state index in [1.54, 1.807) is 18.0 Å². The normalized spacial score (nSPS) is 14.4. The predicted octanol–water partition coefficient (Wildman–Crippen LogP) is 4.18. The van der Waals surface area contributed by atoms with Gasteiger partial charge in [-0.2, -0.15) is 0 Å². The molecule has 0 aromatic heterocycles. The summed E-state index contributed by atoms with van der Waals surface area (Å²) in [6.07, 6.45) is 0. The molecule has 1 aliphatic rings. The fraction of sp³-hybridized carbons (Fsp3) is 0.240. The Labute approximate surface area is 187 Å². The Morgan fingerprint density at radius 1 is 0.906 bits per heavy atom. The Morgan fingerprint density at radius 3 is 1.97 bits per heavy atom. The largest absolute Gasteiger partial charge is 0.387 e. The molecule has 1 aliphatic heterocycles. The maximum absolute atomic E-state index is 13.2. The van der Waals surface area contributed by atoms with Gasteiger partial charge in [-0.3, -0.25) is 19.8 Å². The number of anilines is 1. The molecule has 0 bridgehead atoms. The van der Waals surface area contributed by atoms with E-state index in [0.29, 0.717) is 37.4 Å². The van der Waals surface area contributed by atoms with Crippen LogP contribution in [0.2, 0.25) is 0 Å². The maximum atomic E-state index is 13.2. The Morgan fingerprint density at radius 2 is 1.47 bits per heavy atom. The molecule has 164 valence electrons. The lowest BCUT2D eigenvalue weighted by atomic mass is 9.96. The number of rotatable bonds is 6. The molecule has 0 atom stereocenters. The summed E-state index contributed by atoms with van der Waals surface area (Å²) in [4.78, 5) is 28.1. The van der Waals surface area contributed by atoms with Crippen molar-refractivity contribution in [2.45, 2.75) is 6.04 Å². The number of amides is 1.